The minimum absolute atomic E-state index is 0.0137. The normalized spacial score (nSPS) is 11.1. The molecule has 7 heteroatoms. The van der Waals surface area contributed by atoms with Gasteiger partial charge in [-0.05, 0) is 18.2 Å². The lowest BCUT2D eigenvalue weighted by molar-refractivity contribution is 0.0694. The van der Waals surface area contributed by atoms with E-state index in [1.54, 1.807) is 12.1 Å². The number of hydrogen-bond donors (Lipinski definition) is 1. The van der Waals surface area contributed by atoms with E-state index < -0.39 is 15.8 Å². The topological polar surface area (TPSA) is 93.6 Å². The molecule has 104 valence electrons. The van der Waals surface area contributed by atoms with Crippen molar-refractivity contribution in [2.45, 2.75) is 4.90 Å². The van der Waals surface area contributed by atoms with Gasteiger partial charge in [0.1, 0.15) is 16.2 Å². The molecule has 0 saturated carbocycles. The molecule has 6 nitrogen and oxygen atoms in total. The van der Waals surface area contributed by atoms with E-state index in [1.807, 2.05) is 0 Å². The molecule has 2 aromatic rings. The third-order valence-electron chi connectivity index (χ3n) is 2.48. The van der Waals surface area contributed by atoms with Crippen molar-refractivity contribution < 1.29 is 23.1 Å². The monoisotopic (exact) mass is 293 g/mol. The molecule has 0 amide bonds. The van der Waals surface area contributed by atoms with Crippen molar-refractivity contribution in [2.24, 2.45) is 0 Å². The lowest BCUT2D eigenvalue weighted by atomic mass is 10.2. The number of carboxylic acid groups (broad SMARTS) is 1. The lowest BCUT2D eigenvalue weighted by Crippen LogP contribution is -2.03. The van der Waals surface area contributed by atoms with E-state index in [4.69, 9.17) is 9.84 Å². The Labute approximate surface area is 115 Å². The van der Waals surface area contributed by atoms with E-state index in [0.717, 1.165) is 6.26 Å². The second-order valence-electron chi connectivity index (χ2n) is 4.00. The van der Waals surface area contributed by atoms with Crippen LogP contribution in [0.15, 0.2) is 47.6 Å². The molecule has 2 rings (SSSR count). The van der Waals surface area contributed by atoms with E-state index in [-0.39, 0.29) is 22.0 Å². The van der Waals surface area contributed by atoms with Gasteiger partial charge in [0.15, 0.2) is 15.6 Å². The van der Waals surface area contributed by atoms with Crippen LogP contribution in [0.1, 0.15) is 10.4 Å². The van der Waals surface area contributed by atoms with Crippen molar-refractivity contribution >= 4 is 15.8 Å². The molecule has 1 heterocycles. The first-order valence-electron chi connectivity index (χ1n) is 5.54. The molecule has 1 aromatic carbocycles. The molecule has 0 unspecified atom stereocenters. The highest BCUT2D eigenvalue weighted by Crippen LogP contribution is 2.30. The highest BCUT2D eigenvalue weighted by Gasteiger charge is 2.17. The lowest BCUT2D eigenvalue weighted by Gasteiger charge is -2.11. The summed E-state index contributed by atoms with van der Waals surface area (Å²) >= 11 is 0. The van der Waals surface area contributed by atoms with Crippen LogP contribution < -0.4 is 4.74 Å². The van der Waals surface area contributed by atoms with Crippen molar-refractivity contribution in [3.63, 3.8) is 0 Å². The van der Waals surface area contributed by atoms with Gasteiger partial charge in [-0.15, -0.1) is 0 Å². The van der Waals surface area contributed by atoms with Crippen LogP contribution in [0, 0.1) is 0 Å². The Kier molecular flexibility index (Phi) is 3.71. The summed E-state index contributed by atoms with van der Waals surface area (Å²) in [5.74, 6) is -1.14. The number of pyridine rings is 1. The molecule has 0 aliphatic rings. The maximum absolute atomic E-state index is 11.7. The van der Waals surface area contributed by atoms with E-state index in [1.165, 1.54) is 30.6 Å². The number of carbonyl (C=O) groups is 1. The molecular formula is C13H11NO5S. The first kappa shape index (κ1) is 14.0. The van der Waals surface area contributed by atoms with Gasteiger partial charge in [0, 0.05) is 12.5 Å². The highest BCUT2D eigenvalue weighted by atomic mass is 32.2. The number of aromatic nitrogens is 1. The predicted octanol–water partition coefficient (Wildman–Crippen LogP) is 1.98. The van der Waals surface area contributed by atoms with Crippen LogP contribution >= 0.6 is 0 Å². The van der Waals surface area contributed by atoms with Gasteiger partial charge in [-0.1, -0.05) is 12.1 Å². The molecule has 0 spiro atoms. The fraction of sp³-hybridized carbons (Fsp3) is 0.0769. The van der Waals surface area contributed by atoms with Crippen LogP contribution in [0.25, 0.3) is 0 Å². The van der Waals surface area contributed by atoms with Gasteiger partial charge in [-0.3, -0.25) is 4.98 Å². The number of nitrogens with zero attached hydrogens (tertiary/aromatic N) is 1. The standard InChI is InChI=1S/C13H11NO5S/c1-20(17,18)12-5-3-2-4-10(12)19-11-8-14-7-6-9(11)13(15)16/h2-8H,1H3,(H,15,16). The Bertz CT molecular complexity index is 755. The van der Waals surface area contributed by atoms with Gasteiger partial charge in [-0.2, -0.15) is 0 Å². The molecule has 1 aromatic heterocycles. The zero-order valence-electron chi connectivity index (χ0n) is 10.5. The summed E-state index contributed by atoms with van der Waals surface area (Å²) in [5.41, 5.74) is -0.0942. The fourth-order valence-electron chi connectivity index (χ4n) is 1.60. The van der Waals surface area contributed by atoms with Crippen LogP contribution in [0.2, 0.25) is 0 Å². The second kappa shape index (κ2) is 5.30. The van der Waals surface area contributed by atoms with E-state index in [0.29, 0.717) is 0 Å². The van der Waals surface area contributed by atoms with Crippen molar-refractivity contribution in [2.75, 3.05) is 6.26 Å². The Morgan fingerprint density at radius 2 is 1.90 bits per heavy atom. The number of rotatable bonds is 4. The summed E-state index contributed by atoms with van der Waals surface area (Å²) < 4.78 is 28.7. The number of ether oxygens (including phenoxy) is 1. The first-order chi connectivity index (χ1) is 9.39. The number of hydrogen-bond acceptors (Lipinski definition) is 5. The molecular weight excluding hydrogens is 282 g/mol. The highest BCUT2D eigenvalue weighted by molar-refractivity contribution is 7.90. The number of carboxylic acids is 1. The zero-order valence-corrected chi connectivity index (χ0v) is 11.3. The van der Waals surface area contributed by atoms with Gasteiger partial charge >= 0.3 is 5.97 Å². The Morgan fingerprint density at radius 1 is 1.20 bits per heavy atom. The maximum Gasteiger partial charge on any atom is 0.339 e. The van der Waals surface area contributed by atoms with Crippen LogP contribution in [0.4, 0.5) is 0 Å². The number of benzene rings is 1. The second-order valence-corrected chi connectivity index (χ2v) is 5.98. The van der Waals surface area contributed by atoms with Gasteiger partial charge < -0.3 is 9.84 Å². The summed E-state index contributed by atoms with van der Waals surface area (Å²) in [6.07, 6.45) is 3.60. The zero-order chi connectivity index (χ0) is 14.8. The van der Waals surface area contributed by atoms with Crippen molar-refractivity contribution in [1.29, 1.82) is 0 Å². The molecule has 0 atom stereocenters. The predicted molar refractivity (Wildman–Crippen MR) is 70.8 cm³/mol. The van der Waals surface area contributed by atoms with Crippen molar-refractivity contribution in [3.8, 4) is 11.5 Å². The molecule has 0 saturated heterocycles. The smallest absolute Gasteiger partial charge is 0.339 e. The molecule has 0 aliphatic heterocycles. The summed E-state index contributed by atoms with van der Waals surface area (Å²) in [5, 5.41) is 9.05. The quantitative estimate of drug-likeness (QED) is 0.926. The fourth-order valence-corrected chi connectivity index (χ4v) is 2.40. The van der Waals surface area contributed by atoms with Crippen LogP contribution in [0.5, 0.6) is 11.5 Å². The van der Waals surface area contributed by atoms with Gasteiger partial charge in [0.05, 0.1) is 6.20 Å². The molecule has 0 radical (unpaired) electrons. The Hall–Kier alpha value is -2.41. The Balaban J connectivity index is 2.49. The number of sulfone groups is 1. The molecule has 20 heavy (non-hydrogen) atoms. The third kappa shape index (κ3) is 2.94. The van der Waals surface area contributed by atoms with E-state index in [2.05, 4.69) is 4.98 Å². The summed E-state index contributed by atoms with van der Waals surface area (Å²) in [4.78, 5) is 14.8. The first-order valence-corrected chi connectivity index (χ1v) is 7.43. The van der Waals surface area contributed by atoms with Crippen LogP contribution in [-0.4, -0.2) is 30.7 Å². The summed E-state index contributed by atoms with van der Waals surface area (Å²) in [6.45, 7) is 0. The van der Waals surface area contributed by atoms with Gasteiger partial charge in [0.2, 0.25) is 0 Å². The largest absolute Gasteiger partial charge is 0.478 e. The molecule has 0 aliphatic carbocycles. The van der Waals surface area contributed by atoms with Crippen molar-refractivity contribution in [1.82, 2.24) is 4.98 Å². The average Bonchev–Trinajstić information content (AvgIpc) is 2.38. The van der Waals surface area contributed by atoms with Gasteiger partial charge in [-0.25, -0.2) is 13.2 Å². The molecule has 0 fully saturated rings. The van der Waals surface area contributed by atoms with Gasteiger partial charge in [0.25, 0.3) is 0 Å². The summed E-state index contributed by atoms with van der Waals surface area (Å²) in [6, 6.07) is 7.28. The minimum atomic E-state index is -3.48. The third-order valence-corrected chi connectivity index (χ3v) is 3.62. The average molecular weight is 293 g/mol. The molecule has 1 N–H and O–H groups in total. The maximum atomic E-state index is 11.7. The SMILES string of the molecule is CS(=O)(=O)c1ccccc1Oc1cnccc1C(=O)O. The van der Waals surface area contributed by atoms with E-state index >= 15 is 0 Å². The number of para-hydroxylation sites is 1. The van der Waals surface area contributed by atoms with Crippen LogP contribution in [-0.2, 0) is 9.84 Å². The van der Waals surface area contributed by atoms with Crippen molar-refractivity contribution in [3.05, 3.63) is 48.3 Å². The Morgan fingerprint density at radius 3 is 2.55 bits per heavy atom. The number of aromatic carboxylic acids is 1. The minimum Gasteiger partial charge on any atom is -0.478 e. The van der Waals surface area contributed by atoms with E-state index in [9.17, 15) is 13.2 Å². The van der Waals surface area contributed by atoms with Crippen LogP contribution in [0.3, 0.4) is 0 Å². The summed E-state index contributed by atoms with van der Waals surface area (Å²) in [7, 11) is -3.48. The molecule has 0 bridgehead atoms.